The lowest BCUT2D eigenvalue weighted by molar-refractivity contribution is 0.0994. The van der Waals surface area contributed by atoms with Gasteiger partial charge >= 0.3 is 0 Å². The fourth-order valence-corrected chi connectivity index (χ4v) is 2.02. The zero-order valence-corrected chi connectivity index (χ0v) is 8.15. The molecule has 76 valence electrons. The van der Waals surface area contributed by atoms with Gasteiger partial charge in [0, 0.05) is 6.20 Å². The highest BCUT2D eigenvalue weighted by molar-refractivity contribution is 5.90. The molecule has 0 aliphatic heterocycles. The molecule has 1 aliphatic rings. The summed E-state index contributed by atoms with van der Waals surface area (Å²) >= 11 is 0. The van der Waals surface area contributed by atoms with Crippen molar-refractivity contribution in [2.24, 2.45) is 5.73 Å². The third-order valence-electron chi connectivity index (χ3n) is 2.81. The van der Waals surface area contributed by atoms with E-state index in [2.05, 4.69) is 5.10 Å². The number of carbonyl (C=O) groups excluding carboxylic acids is 1. The Balaban J connectivity index is 2.11. The highest BCUT2D eigenvalue weighted by Crippen LogP contribution is 2.27. The van der Waals surface area contributed by atoms with Crippen LogP contribution in [0.15, 0.2) is 12.3 Å². The van der Waals surface area contributed by atoms with Crippen molar-refractivity contribution >= 4 is 5.91 Å². The molecular formula is C10H15N3O. The highest BCUT2D eigenvalue weighted by Gasteiger charge is 2.16. The van der Waals surface area contributed by atoms with E-state index in [0.29, 0.717) is 11.7 Å². The predicted octanol–water partition coefficient (Wildman–Crippen LogP) is 1.49. The van der Waals surface area contributed by atoms with Gasteiger partial charge in [-0.1, -0.05) is 19.3 Å². The molecule has 0 atom stereocenters. The molecule has 4 heteroatoms. The van der Waals surface area contributed by atoms with Gasteiger partial charge in [-0.2, -0.15) is 5.10 Å². The van der Waals surface area contributed by atoms with Crippen LogP contribution in [0.2, 0.25) is 0 Å². The van der Waals surface area contributed by atoms with Crippen LogP contribution < -0.4 is 5.73 Å². The lowest BCUT2D eigenvalue weighted by atomic mass is 9.96. The summed E-state index contributed by atoms with van der Waals surface area (Å²) in [6, 6.07) is 2.16. The first-order chi connectivity index (χ1) is 6.77. The van der Waals surface area contributed by atoms with Gasteiger partial charge in [0.1, 0.15) is 5.69 Å². The van der Waals surface area contributed by atoms with Gasteiger partial charge in [0.25, 0.3) is 5.91 Å². The van der Waals surface area contributed by atoms with Crippen molar-refractivity contribution in [2.45, 2.75) is 38.1 Å². The lowest BCUT2D eigenvalue weighted by Gasteiger charge is -2.21. The number of rotatable bonds is 2. The minimum atomic E-state index is -0.445. The van der Waals surface area contributed by atoms with Crippen molar-refractivity contribution < 1.29 is 4.79 Å². The minimum Gasteiger partial charge on any atom is -0.364 e. The van der Waals surface area contributed by atoms with Crippen LogP contribution in [0.4, 0.5) is 0 Å². The number of aromatic nitrogens is 2. The Labute approximate surface area is 83.1 Å². The molecule has 0 bridgehead atoms. The quantitative estimate of drug-likeness (QED) is 0.773. The zero-order valence-electron chi connectivity index (χ0n) is 8.15. The lowest BCUT2D eigenvalue weighted by Crippen LogP contribution is -2.16. The Morgan fingerprint density at radius 2 is 2.14 bits per heavy atom. The summed E-state index contributed by atoms with van der Waals surface area (Å²) in [5, 5.41) is 4.18. The van der Waals surface area contributed by atoms with Crippen molar-refractivity contribution in [3.63, 3.8) is 0 Å². The molecule has 0 radical (unpaired) electrons. The topological polar surface area (TPSA) is 60.9 Å². The smallest absolute Gasteiger partial charge is 0.269 e. The average molecular weight is 193 g/mol. The second kappa shape index (κ2) is 3.82. The number of hydrogen-bond donors (Lipinski definition) is 1. The van der Waals surface area contributed by atoms with Crippen LogP contribution in [0.25, 0.3) is 0 Å². The van der Waals surface area contributed by atoms with Crippen LogP contribution in [-0.2, 0) is 0 Å². The van der Waals surface area contributed by atoms with E-state index in [1.54, 1.807) is 6.07 Å². The van der Waals surface area contributed by atoms with Gasteiger partial charge in [0.15, 0.2) is 0 Å². The van der Waals surface area contributed by atoms with Gasteiger partial charge in [-0.05, 0) is 18.9 Å². The maximum Gasteiger partial charge on any atom is 0.269 e. The van der Waals surface area contributed by atoms with Crippen molar-refractivity contribution in [3.05, 3.63) is 18.0 Å². The first kappa shape index (κ1) is 9.24. The van der Waals surface area contributed by atoms with Crippen molar-refractivity contribution in [1.29, 1.82) is 0 Å². The number of primary amides is 1. The first-order valence-corrected chi connectivity index (χ1v) is 5.12. The summed E-state index contributed by atoms with van der Waals surface area (Å²) in [5.41, 5.74) is 5.51. The first-order valence-electron chi connectivity index (χ1n) is 5.12. The van der Waals surface area contributed by atoms with E-state index in [9.17, 15) is 4.79 Å². The third-order valence-corrected chi connectivity index (χ3v) is 2.81. The number of nitrogens with zero attached hydrogens (tertiary/aromatic N) is 2. The second-order valence-electron chi connectivity index (χ2n) is 3.84. The van der Waals surface area contributed by atoms with Crippen molar-refractivity contribution in [3.8, 4) is 0 Å². The van der Waals surface area contributed by atoms with Crippen LogP contribution >= 0.6 is 0 Å². The molecule has 2 N–H and O–H groups in total. The van der Waals surface area contributed by atoms with Gasteiger partial charge in [0.05, 0.1) is 6.04 Å². The van der Waals surface area contributed by atoms with E-state index in [1.807, 2.05) is 10.9 Å². The fourth-order valence-electron chi connectivity index (χ4n) is 2.02. The molecule has 1 heterocycles. The molecule has 2 rings (SSSR count). The maximum atomic E-state index is 10.8. The molecule has 1 amide bonds. The van der Waals surface area contributed by atoms with Crippen molar-refractivity contribution in [1.82, 2.24) is 9.78 Å². The number of carbonyl (C=O) groups is 1. The molecule has 1 fully saturated rings. The summed E-state index contributed by atoms with van der Waals surface area (Å²) in [6.45, 7) is 0. The molecule has 1 saturated carbocycles. The Bertz CT molecular complexity index is 326. The summed E-state index contributed by atoms with van der Waals surface area (Å²) in [5.74, 6) is -0.445. The zero-order chi connectivity index (χ0) is 9.97. The van der Waals surface area contributed by atoms with Gasteiger partial charge in [-0.3, -0.25) is 9.48 Å². The minimum absolute atomic E-state index is 0.371. The Morgan fingerprint density at radius 3 is 2.71 bits per heavy atom. The van der Waals surface area contributed by atoms with Gasteiger partial charge < -0.3 is 5.73 Å². The van der Waals surface area contributed by atoms with Gasteiger partial charge in [0.2, 0.25) is 0 Å². The molecule has 14 heavy (non-hydrogen) atoms. The normalized spacial score (nSPS) is 18.3. The fraction of sp³-hybridized carbons (Fsp3) is 0.600. The summed E-state index contributed by atoms with van der Waals surface area (Å²) in [7, 11) is 0. The molecule has 1 aromatic rings. The molecule has 0 unspecified atom stereocenters. The van der Waals surface area contributed by atoms with Gasteiger partial charge in [-0.15, -0.1) is 0 Å². The highest BCUT2D eigenvalue weighted by atomic mass is 16.1. The summed E-state index contributed by atoms with van der Waals surface area (Å²) < 4.78 is 1.89. The van der Waals surface area contributed by atoms with E-state index in [4.69, 9.17) is 5.73 Å². The monoisotopic (exact) mass is 193 g/mol. The maximum absolute atomic E-state index is 10.8. The molecule has 4 nitrogen and oxygen atoms in total. The predicted molar refractivity (Wildman–Crippen MR) is 52.9 cm³/mol. The molecule has 1 aromatic heterocycles. The van der Waals surface area contributed by atoms with Crippen LogP contribution in [0, 0.1) is 0 Å². The molecule has 0 spiro atoms. The van der Waals surface area contributed by atoms with Gasteiger partial charge in [-0.25, -0.2) is 0 Å². The molecule has 1 aliphatic carbocycles. The Morgan fingerprint density at radius 1 is 1.43 bits per heavy atom. The molecule has 0 aromatic carbocycles. The number of amides is 1. The largest absolute Gasteiger partial charge is 0.364 e. The van der Waals surface area contributed by atoms with Crippen LogP contribution in [0.3, 0.4) is 0 Å². The van der Waals surface area contributed by atoms with Crippen LogP contribution in [0.1, 0.15) is 48.6 Å². The third kappa shape index (κ3) is 1.78. The Hall–Kier alpha value is -1.32. The number of nitrogens with two attached hydrogens (primary N) is 1. The standard InChI is InChI=1S/C10H15N3O/c11-10(14)9-6-7-13(12-9)8-4-2-1-3-5-8/h6-8H,1-5H2,(H2,11,14). The molecule has 0 saturated heterocycles. The van der Waals surface area contributed by atoms with E-state index in [-0.39, 0.29) is 0 Å². The summed E-state index contributed by atoms with van der Waals surface area (Å²) in [4.78, 5) is 10.8. The molecular weight excluding hydrogens is 178 g/mol. The average Bonchev–Trinajstić information content (AvgIpc) is 2.68. The Kier molecular flexibility index (Phi) is 2.52. The van der Waals surface area contributed by atoms with Crippen molar-refractivity contribution in [2.75, 3.05) is 0 Å². The summed E-state index contributed by atoms with van der Waals surface area (Å²) in [6.07, 6.45) is 8.03. The van der Waals surface area contributed by atoms with Crippen LogP contribution in [-0.4, -0.2) is 15.7 Å². The second-order valence-corrected chi connectivity index (χ2v) is 3.84. The van der Waals surface area contributed by atoms with Crippen LogP contribution in [0.5, 0.6) is 0 Å². The van der Waals surface area contributed by atoms with E-state index < -0.39 is 5.91 Å². The van der Waals surface area contributed by atoms with E-state index in [1.165, 1.54) is 32.1 Å². The number of hydrogen-bond acceptors (Lipinski definition) is 2. The SMILES string of the molecule is NC(=O)c1ccn(C2CCCCC2)n1. The van der Waals surface area contributed by atoms with E-state index >= 15 is 0 Å². The van der Waals surface area contributed by atoms with E-state index in [0.717, 1.165) is 0 Å².